The summed E-state index contributed by atoms with van der Waals surface area (Å²) in [5.74, 6) is 0. The van der Waals surface area contributed by atoms with Crippen LogP contribution >= 0.6 is 0 Å². The number of benzene rings is 2. The van der Waals surface area contributed by atoms with Crippen molar-refractivity contribution < 1.29 is 9.90 Å². The smallest absolute Gasteiger partial charge is 0.322 e. The van der Waals surface area contributed by atoms with Gasteiger partial charge in [0.25, 0.3) is 0 Å². The van der Waals surface area contributed by atoms with Gasteiger partial charge in [-0.15, -0.1) is 0 Å². The average molecular weight is 298 g/mol. The van der Waals surface area contributed by atoms with Crippen molar-refractivity contribution in [3.63, 3.8) is 0 Å². The van der Waals surface area contributed by atoms with E-state index in [1.54, 1.807) is 4.90 Å². The van der Waals surface area contributed by atoms with E-state index in [1.807, 2.05) is 19.9 Å². The molecule has 4 heteroatoms. The Morgan fingerprint density at radius 3 is 2.64 bits per heavy atom. The molecule has 0 saturated carbocycles. The molecule has 2 aromatic rings. The van der Waals surface area contributed by atoms with Gasteiger partial charge in [0.05, 0.1) is 12.3 Å². The van der Waals surface area contributed by atoms with Crippen LogP contribution in [0.1, 0.15) is 25.0 Å². The molecule has 2 amide bonds. The maximum absolute atomic E-state index is 12.5. The number of carbonyl (C=O) groups excluding carboxylic acids is 1. The molecule has 3 rings (SSSR count). The molecule has 1 aliphatic carbocycles. The first-order valence-electron chi connectivity index (χ1n) is 7.83. The van der Waals surface area contributed by atoms with Gasteiger partial charge < -0.3 is 15.3 Å². The fourth-order valence-electron chi connectivity index (χ4n) is 3.24. The lowest BCUT2D eigenvalue weighted by Gasteiger charge is -2.26. The van der Waals surface area contributed by atoms with E-state index in [9.17, 15) is 4.79 Å². The van der Waals surface area contributed by atoms with Crippen LogP contribution in [0.5, 0.6) is 0 Å². The third-order valence-electron chi connectivity index (χ3n) is 4.34. The van der Waals surface area contributed by atoms with Gasteiger partial charge in [0.2, 0.25) is 0 Å². The number of aliphatic hydroxyl groups is 1. The molecule has 2 aromatic carbocycles. The van der Waals surface area contributed by atoms with E-state index in [4.69, 9.17) is 5.11 Å². The Kier molecular flexibility index (Phi) is 4.03. The first kappa shape index (κ1) is 14.9. The second-order valence-corrected chi connectivity index (χ2v) is 6.05. The van der Waals surface area contributed by atoms with Gasteiger partial charge in [-0.05, 0) is 49.3 Å². The van der Waals surface area contributed by atoms with E-state index in [1.165, 1.54) is 16.5 Å². The largest absolute Gasteiger partial charge is 0.395 e. The first-order chi connectivity index (χ1) is 10.6. The molecule has 0 saturated heterocycles. The number of hydrogen-bond donors (Lipinski definition) is 2. The lowest BCUT2D eigenvalue weighted by atomic mass is 10.0. The highest BCUT2D eigenvalue weighted by Crippen LogP contribution is 2.35. The summed E-state index contributed by atoms with van der Waals surface area (Å²) >= 11 is 0. The van der Waals surface area contributed by atoms with Gasteiger partial charge in [-0.2, -0.15) is 0 Å². The summed E-state index contributed by atoms with van der Waals surface area (Å²) in [6.45, 7) is 4.20. The summed E-state index contributed by atoms with van der Waals surface area (Å²) < 4.78 is 0. The number of urea groups is 1. The van der Waals surface area contributed by atoms with E-state index in [0.29, 0.717) is 6.54 Å². The molecule has 0 unspecified atom stereocenters. The third kappa shape index (κ3) is 2.55. The minimum absolute atomic E-state index is 0.0323. The number of amides is 2. The van der Waals surface area contributed by atoms with Gasteiger partial charge in [0, 0.05) is 18.0 Å². The van der Waals surface area contributed by atoms with E-state index >= 15 is 0 Å². The number of carbonyl (C=O) groups is 1. The molecule has 0 fully saturated rings. The molecule has 0 radical (unpaired) electrons. The zero-order valence-electron chi connectivity index (χ0n) is 13.1. The Bertz CT molecular complexity index is 699. The van der Waals surface area contributed by atoms with Crippen molar-refractivity contribution >= 4 is 22.5 Å². The molecule has 0 aromatic heterocycles. The van der Waals surface area contributed by atoms with Crippen molar-refractivity contribution in [3.05, 3.63) is 41.5 Å². The van der Waals surface area contributed by atoms with Crippen LogP contribution in [0.15, 0.2) is 30.3 Å². The zero-order valence-corrected chi connectivity index (χ0v) is 13.1. The quantitative estimate of drug-likeness (QED) is 0.911. The monoisotopic (exact) mass is 298 g/mol. The highest BCUT2D eigenvalue weighted by atomic mass is 16.3. The van der Waals surface area contributed by atoms with Gasteiger partial charge in [-0.1, -0.05) is 24.3 Å². The molecule has 0 atom stereocenters. The number of anilines is 1. The maximum atomic E-state index is 12.5. The average Bonchev–Trinajstić information content (AvgIpc) is 2.92. The van der Waals surface area contributed by atoms with Gasteiger partial charge in [0.1, 0.15) is 0 Å². The van der Waals surface area contributed by atoms with E-state index in [-0.39, 0.29) is 18.7 Å². The SMILES string of the molecule is CC(C)N(CCO)C(=O)Nc1ccc2c3c(cccc13)CC2. The Hall–Kier alpha value is -2.07. The number of nitrogens with zero attached hydrogens (tertiary/aromatic N) is 1. The zero-order chi connectivity index (χ0) is 15.7. The lowest BCUT2D eigenvalue weighted by Crippen LogP contribution is -2.41. The molecular weight excluding hydrogens is 276 g/mol. The standard InChI is InChI=1S/C18H22N2O2/c1-12(2)20(10-11-21)18(22)19-16-9-8-14-7-6-13-4-3-5-15(16)17(13)14/h3-5,8-9,12,21H,6-7,10-11H2,1-2H3,(H,19,22). The van der Waals surface area contributed by atoms with Crippen molar-refractivity contribution in [2.45, 2.75) is 32.7 Å². The number of aliphatic hydroxyl groups excluding tert-OH is 1. The van der Waals surface area contributed by atoms with Crippen LogP contribution in [0, 0.1) is 0 Å². The summed E-state index contributed by atoms with van der Waals surface area (Å²) in [6, 6.07) is 10.3. The fourth-order valence-corrected chi connectivity index (χ4v) is 3.24. The van der Waals surface area contributed by atoms with Crippen molar-refractivity contribution in [3.8, 4) is 0 Å². The van der Waals surface area contributed by atoms with E-state index in [2.05, 4.69) is 29.6 Å². The molecule has 0 bridgehead atoms. The van der Waals surface area contributed by atoms with Crippen LogP contribution in [-0.2, 0) is 12.8 Å². The highest BCUT2D eigenvalue weighted by molar-refractivity contribution is 6.04. The summed E-state index contributed by atoms with van der Waals surface area (Å²) in [5, 5.41) is 14.5. The van der Waals surface area contributed by atoms with Gasteiger partial charge >= 0.3 is 6.03 Å². The first-order valence-corrected chi connectivity index (χ1v) is 7.83. The summed E-state index contributed by atoms with van der Waals surface area (Å²) in [6.07, 6.45) is 2.15. The molecular formula is C18H22N2O2. The van der Waals surface area contributed by atoms with Crippen LogP contribution < -0.4 is 5.32 Å². The number of rotatable bonds is 4. The van der Waals surface area contributed by atoms with Crippen molar-refractivity contribution in [1.82, 2.24) is 4.90 Å². The highest BCUT2D eigenvalue weighted by Gasteiger charge is 2.20. The molecule has 4 nitrogen and oxygen atoms in total. The molecule has 0 heterocycles. The fraction of sp³-hybridized carbons (Fsp3) is 0.389. The van der Waals surface area contributed by atoms with Crippen molar-refractivity contribution in [1.29, 1.82) is 0 Å². The Morgan fingerprint density at radius 2 is 1.95 bits per heavy atom. The number of nitrogens with one attached hydrogen (secondary N) is 1. The molecule has 22 heavy (non-hydrogen) atoms. The van der Waals surface area contributed by atoms with Gasteiger partial charge in [-0.3, -0.25) is 0 Å². The molecule has 0 aliphatic heterocycles. The van der Waals surface area contributed by atoms with E-state index in [0.717, 1.165) is 23.9 Å². The minimum atomic E-state index is -0.164. The minimum Gasteiger partial charge on any atom is -0.395 e. The van der Waals surface area contributed by atoms with Crippen LogP contribution in [-0.4, -0.2) is 35.2 Å². The van der Waals surface area contributed by atoms with Crippen molar-refractivity contribution in [2.24, 2.45) is 0 Å². The molecule has 1 aliphatic rings. The second kappa shape index (κ2) is 5.97. The molecule has 0 spiro atoms. The summed E-state index contributed by atoms with van der Waals surface area (Å²) in [5.41, 5.74) is 3.57. The Labute approximate surface area is 130 Å². The van der Waals surface area contributed by atoms with Gasteiger partial charge in [0.15, 0.2) is 0 Å². The van der Waals surface area contributed by atoms with Gasteiger partial charge in [-0.25, -0.2) is 4.79 Å². The van der Waals surface area contributed by atoms with E-state index < -0.39 is 0 Å². The predicted molar refractivity (Wildman–Crippen MR) is 89.3 cm³/mol. The maximum Gasteiger partial charge on any atom is 0.322 e. The molecule has 2 N–H and O–H groups in total. The van der Waals surface area contributed by atoms with Crippen LogP contribution in [0.25, 0.3) is 10.8 Å². The number of aryl methyl sites for hydroxylation is 2. The normalized spacial score (nSPS) is 12.9. The predicted octanol–water partition coefficient (Wildman–Crippen LogP) is 3.17. The second-order valence-electron chi connectivity index (χ2n) is 6.05. The topological polar surface area (TPSA) is 52.6 Å². The lowest BCUT2D eigenvalue weighted by molar-refractivity contribution is 0.172. The molecule has 116 valence electrons. The summed E-state index contributed by atoms with van der Waals surface area (Å²) in [7, 11) is 0. The summed E-state index contributed by atoms with van der Waals surface area (Å²) in [4.78, 5) is 14.1. The van der Waals surface area contributed by atoms with Crippen LogP contribution in [0.4, 0.5) is 10.5 Å². The third-order valence-corrected chi connectivity index (χ3v) is 4.34. The number of hydrogen-bond acceptors (Lipinski definition) is 2. The van der Waals surface area contributed by atoms with Crippen molar-refractivity contribution in [2.75, 3.05) is 18.5 Å². The van der Waals surface area contributed by atoms with Crippen LogP contribution in [0.2, 0.25) is 0 Å². The van der Waals surface area contributed by atoms with Crippen LogP contribution in [0.3, 0.4) is 0 Å². The Morgan fingerprint density at radius 1 is 1.23 bits per heavy atom. The Balaban J connectivity index is 1.93.